The number of pyridine rings is 1. The Morgan fingerprint density at radius 2 is 2.00 bits per heavy atom. The third-order valence-electron chi connectivity index (χ3n) is 3.88. The molecule has 0 atom stereocenters. The van der Waals surface area contributed by atoms with Gasteiger partial charge in [-0.2, -0.15) is 12.7 Å². The molecule has 0 fully saturated rings. The van der Waals surface area contributed by atoms with Gasteiger partial charge in [-0.3, -0.25) is 9.52 Å². The highest BCUT2D eigenvalue weighted by atomic mass is 32.2. The van der Waals surface area contributed by atoms with E-state index in [1.807, 2.05) is 6.92 Å². The van der Waals surface area contributed by atoms with Gasteiger partial charge in [0.15, 0.2) is 11.6 Å². The fourth-order valence-electron chi connectivity index (χ4n) is 2.46. The lowest BCUT2D eigenvalue weighted by molar-refractivity contribution is 0.103. The van der Waals surface area contributed by atoms with Gasteiger partial charge in [0.05, 0.1) is 11.3 Å². The van der Waals surface area contributed by atoms with E-state index in [2.05, 4.69) is 14.7 Å². The molecule has 0 bridgehead atoms. The van der Waals surface area contributed by atoms with Crippen LogP contribution in [0.3, 0.4) is 0 Å². The van der Waals surface area contributed by atoms with Crippen molar-refractivity contribution in [1.82, 2.24) is 14.3 Å². The molecule has 136 valence electrons. The summed E-state index contributed by atoms with van der Waals surface area (Å²) in [6, 6.07) is 5.77. The van der Waals surface area contributed by atoms with Crippen LogP contribution in [0.15, 0.2) is 36.7 Å². The van der Waals surface area contributed by atoms with Gasteiger partial charge < -0.3 is 4.98 Å². The lowest BCUT2D eigenvalue weighted by Gasteiger charge is -2.14. The van der Waals surface area contributed by atoms with Crippen LogP contribution < -0.4 is 4.72 Å². The van der Waals surface area contributed by atoms with Crippen LogP contribution in [0.25, 0.3) is 11.0 Å². The van der Waals surface area contributed by atoms with Gasteiger partial charge in [0, 0.05) is 37.4 Å². The number of rotatable bonds is 5. The van der Waals surface area contributed by atoms with Crippen molar-refractivity contribution in [3.63, 3.8) is 0 Å². The highest BCUT2D eigenvalue weighted by Crippen LogP contribution is 2.25. The van der Waals surface area contributed by atoms with Crippen LogP contribution in [0.1, 0.15) is 21.5 Å². The van der Waals surface area contributed by atoms with Crippen LogP contribution in [-0.4, -0.2) is 42.6 Å². The fraction of sp³-hybridized carbons (Fsp3) is 0.176. The van der Waals surface area contributed by atoms with Crippen molar-refractivity contribution in [2.45, 2.75) is 6.92 Å². The average molecular weight is 376 g/mol. The summed E-state index contributed by atoms with van der Waals surface area (Å²) in [5.74, 6) is -1.50. The lowest BCUT2D eigenvalue weighted by atomic mass is 10.0. The van der Waals surface area contributed by atoms with Crippen molar-refractivity contribution in [3.05, 3.63) is 59.2 Å². The summed E-state index contributed by atoms with van der Waals surface area (Å²) in [5.41, 5.74) is 1.12. The Morgan fingerprint density at radius 1 is 1.27 bits per heavy atom. The summed E-state index contributed by atoms with van der Waals surface area (Å²) in [4.78, 5) is 19.9. The average Bonchev–Trinajstić information content (AvgIpc) is 2.99. The summed E-state index contributed by atoms with van der Waals surface area (Å²) in [6.45, 7) is 1.84. The van der Waals surface area contributed by atoms with Crippen molar-refractivity contribution in [1.29, 1.82) is 0 Å². The minimum Gasteiger partial charge on any atom is -0.345 e. The molecule has 0 spiro atoms. The molecule has 0 amide bonds. The number of halogens is 1. The molecule has 0 radical (unpaired) electrons. The minimum atomic E-state index is -3.89. The van der Waals surface area contributed by atoms with E-state index in [1.165, 1.54) is 38.5 Å². The first-order valence-corrected chi connectivity index (χ1v) is 9.12. The number of hydrogen-bond donors (Lipinski definition) is 2. The Balaban J connectivity index is 2.05. The maximum absolute atomic E-state index is 14.8. The molecule has 0 saturated heterocycles. The number of nitrogens with zero attached hydrogens (tertiary/aromatic N) is 2. The highest BCUT2D eigenvalue weighted by Gasteiger charge is 2.22. The number of fused-ring (bicyclic) bond motifs is 1. The zero-order valence-electron chi connectivity index (χ0n) is 14.4. The number of aryl methyl sites for hydroxylation is 1. The smallest absolute Gasteiger partial charge is 0.301 e. The summed E-state index contributed by atoms with van der Waals surface area (Å²) in [5, 5.41) is 0.577. The number of benzene rings is 1. The number of aromatic amines is 1. The van der Waals surface area contributed by atoms with Gasteiger partial charge in [-0.1, -0.05) is 6.07 Å². The molecule has 0 unspecified atom stereocenters. The van der Waals surface area contributed by atoms with E-state index in [0.717, 1.165) is 9.87 Å². The van der Waals surface area contributed by atoms with Crippen molar-refractivity contribution < 1.29 is 17.6 Å². The van der Waals surface area contributed by atoms with Gasteiger partial charge in [-0.15, -0.1) is 0 Å². The molecule has 3 rings (SSSR count). The molecule has 2 N–H and O–H groups in total. The van der Waals surface area contributed by atoms with Crippen LogP contribution >= 0.6 is 0 Å². The summed E-state index contributed by atoms with van der Waals surface area (Å²) in [7, 11) is -1.26. The van der Waals surface area contributed by atoms with Gasteiger partial charge in [0.2, 0.25) is 0 Å². The lowest BCUT2D eigenvalue weighted by Crippen LogP contribution is -2.29. The van der Waals surface area contributed by atoms with Gasteiger partial charge in [-0.05, 0) is 30.7 Å². The molecule has 9 heteroatoms. The van der Waals surface area contributed by atoms with E-state index in [4.69, 9.17) is 0 Å². The van der Waals surface area contributed by atoms with E-state index in [1.54, 1.807) is 12.3 Å². The molecule has 2 heterocycles. The van der Waals surface area contributed by atoms with Crippen LogP contribution in [-0.2, 0) is 10.2 Å². The Kier molecular flexibility index (Phi) is 4.51. The zero-order valence-corrected chi connectivity index (χ0v) is 15.2. The number of hydrogen-bond acceptors (Lipinski definition) is 4. The van der Waals surface area contributed by atoms with Crippen LogP contribution in [0, 0.1) is 12.7 Å². The van der Waals surface area contributed by atoms with E-state index < -0.39 is 21.8 Å². The number of nitrogens with one attached hydrogen (secondary N) is 2. The Hall–Kier alpha value is -2.78. The molecule has 0 saturated carbocycles. The van der Waals surface area contributed by atoms with Gasteiger partial charge >= 0.3 is 10.2 Å². The van der Waals surface area contributed by atoms with Gasteiger partial charge in [0.25, 0.3) is 0 Å². The second-order valence-corrected chi connectivity index (χ2v) is 7.88. The van der Waals surface area contributed by atoms with Crippen molar-refractivity contribution in [2.75, 3.05) is 18.8 Å². The molecule has 7 nitrogen and oxygen atoms in total. The summed E-state index contributed by atoms with van der Waals surface area (Å²) < 4.78 is 41.7. The third kappa shape index (κ3) is 3.18. The van der Waals surface area contributed by atoms with Gasteiger partial charge in [0.1, 0.15) is 5.65 Å². The third-order valence-corrected chi connectivity index (χ3v) is 5.31. The first-order valence-electron chi connectivity index (χ1n) is 7.68. The zero-order chi connectivity index (χ0) is 19.1. The fourth-order valence-corrected chi connectivity index (χ4v) is 3.08. The monoisotopic (exact) mass is 376 g/mol. The standard InChI is InChI=1S/C17H17FN4O3S/c1-10-7-12-13(9-20-17(12)19-8-10)16(23)11-5-4-6-14(15(11)18)21-26(24,25)22(2)3/h4-9,21H,1-3H3,(H,19,20). The predicted molar refractivity (Wildman–Crippen MR) is 96.9 cm³/mol. The van der Waals surface area contributed by atoms with Crippen LogP contribution in [0.2, 0.25) is 0 Å². The number of H-pyrrole nitrogens is 1. The first-order chi connectivity index (χ1) is 12.2. The van der Waals surface area contributed by atoms with Crippen LogP contribution in [0.4, 0.5) is 10.1 Å². The molecule has 0 aliphatic rings. The van der Waals surface area contributed by atoms with Gasteiger partial charge in [-0.25, -0.2) is 9.37 Å². The Bertz CT molecular complexity index is 1110. The number of anilines is 1. The number of carbonyl (C=O) groups is 1. The maximum atomic E-state index is 14.8. The summed E-state index contributed by atoms with van der Waals surface area (Å²) >= 11 is 0. The summed E-state index contributed by atoms with van der Waals surface area (Å²) in [6.07, 6.45) is 3.12. The molecular weight excluding hydrogens is 359 g/mol. The topological polar surface area (TPSA) is 95.2 Å². The van der Waals surface area contributed by atoms with E-state index in [9.17, 15) is 17.6 Å². The molecule has 0 aliphatic heterocycles. The molecular formula is C17H17FN4O3S. The largest absolute Gasteiger partial charge is 0.345 e. The second-order valence-electron chi connectivity index (χ2n) is 6.00. The van der Waals surface area contributed by atoms with Crippen LogP contribution in [0.5, 0.6) is 0 Å². The number of ketones is 1. The highest BCUT2D eigenvalue weighted by molar-refractivity contribution is 7.90. The van der Waals surface area contributed by atoms with E-state index >= 15 is 0 Å². The first kappa shape index (κ1) is 18.0. The van der Waals surface area contributed by atoms with Crippen molar-refractivity contribution in [3.8, 4) is 0 Å². The number of aromatic nitrogens is 2. The predicted octanol–water partition coefficient (Wildman–Crippen LogP) is 2.46. The number of carbonyl (C=O) groups excluding carboxylic acids is 1. The van der Waals surface area contributed by atoms with Crippen molar-refractivity contribution in [2.24, 2.45) is 0 Å². The SMILES string of the molecule is Cc1cnc2[nH]cc(C(=O)c3cccc(NS(=O)(=O)N(C)C)c3F)c2c1. The Labute approximate surface area is 150 Å². The normalized spacial score (nSPS) is 11.9. The van der Waals surface area contributed by atoms with E-state index in [0.29, 0.717) is 11.0 Å². The quantitative estimate of drug-likeness (QED) is 0.669. The molecule has 26 heavy (non-hydrogen) atoms. The maximum Gasteiger partial charge on any atom is 0.301 e. The Morgan fingerprint density at radius 3 is 2.69 bits per heavy atom. The van der Waals surface area contributed by atoms with Crippen molar-refractivity contribution >= 4 is 32.7 Å². The van der Waals surface area contributed by atoms with E-state index in [-0.39, 0.29) is 16.8 Å². The molecule has 2 aromatic heterocycles. The minimum absolute atomic E-state index is 0.230. The molecule has 3 aromatic rings. The molecule has 1 aromatic carbocycles. The molecule has 0 aliphatic carbocycles. The second kappa shape index (κ2) is 6.50.